The molecule has 2 aliphatic heterocycles. The number of fused-ring (bicyclic) bond motifs is 2. The van der Waals surface area contributed by atoms with Gasteiger partial charge in [0.1, 0.15) is 23.9 Å². The van der Waals surface area contributed by atoms with E-state index in [1.807, 2.05) is 24.3 Å². The molecule has 1 fully saturated rings. The van der Waals surface area contributed by atoms with Crippen molar-refractivity contribution in [2.24, 2.45) is 0 Å². The molecule has 3 unspecified atom stereocenters. The molecule has 11 N–H and O–H groups in total. The molecule has 1 radical (unpaired) electrons. The minimum atomic E-state index is -1.57. The summed E-state index contributed by atoms with van der Waals surface area (Å²) >= 11 is 0. The van der Waals surface area contributed by atoms with Crippen molar-refractivity contribution in [1.29, 1.82) is 0 Å². The van der Waals surface area contributed by atoms with E-state index in [-0.39, 0.29) is 140 Å². The fourth-order valence-electron chi connectivity index (χ4n) is 9.03. The van der Waals surface area contributed by atoms with Gasteiger partial charge >= 0.3 is 35.8 Å². The van der Waals surface area contributed by atoms with Gasteiger partial charge in [-0.15, -0.1) is 0 Å². The second-order valence-electron chi connectivity index (χ2n) is 19.3. The normalized spacial score (nSPS) is 16.6. The van der Waals surface area contributed by atoms with Gasteiger partial charge in [0.2, 0.25) is 23.6 Å². The number of H-pyrrole nitrogens is 1. The molecular weight excluding hydrogens is 1220 g/mol. The summed E-state index contributed by atoms with van der Waals surface area (Å²) in [5.41, 5.74) is 2.76. The molecule has 1 aromatic heterocycles. The first-order chi connectivity index (χ1) is 37.5. The Balaban J connectivity index is 0.0000138. The Morgan fingerprint density at radius 2 is 1.20 bits per heavy atom. The summed E-state index contributed by atoms with van der Waals surface area (Å²) in [5, 5.41) is 67.8. The van der Waals surface area contributed by atoms with Gasteiger partial charge in [-0.05, 0) is 55.2 Å². The molecule has 2 aliphatic rings. The topological polar surface area (TPSA) is 405 Å². The molecule has 1 saturated heterocycles. The molecule has 30 heteroatoms. The summed E-state index contributed by atoms with van der Waals surface area (Å²) in [6, 6.07) is 7.86. The minimum absolute atomic E-state index is 0. The number of rotatable bonds is 27. The number of imidazole rings is 1. The van der Waals surface area contributed by atoms with Crippen molar-refractivity contribution in [3.63, 3.8) is 0 Å². The number of hydrogen-bond acceptors (Lipinski definition) is 17. The van der Waals surface area contributed by atoms with Crippen LogP contribution in [0.15, 0.2) is 42.5 Å². The molecule has 29 nitrogen and oxygen atoms in total. The van der Waals surface area contributed by atoms with Crippen LogP contribution in [0.1, 0.15) is 60.3 Å². The van der Waals surface area contributed by atoms with Gasteiger partial charge in [-0.2, -0.15) is 0 Å². The van der Waals surface area contributed by atoms with Crippen molar-refractivity contribution in [1.82, 2.24) is 55.3 Å². The standard InChI is InChI=1S/C50H68N12O17.Lu/c1-57(26-39-53-34-5-2-3-6-35(34)54-39)49(78)31-7-8-33-32(23-31)25-62(50(79)38(52-33)24-43(68)69)14-4-13-51-47(76)36(9-11-41(64)65)56-48(77)37(10-12-42(66)67)55-40(63)27-58-15-17-59(28-44(70)71)19-21-61(30-46(74)75)22-20-60(18-16-58)29-45(72)73;/h2-3,5-8,23,36-38,52H,4,9-22,24-30H2,1H3,(H,51,76)(H,53,54)(H,55,63)(H,56,77)(H,64,65)(H,66,67)(H,68,69)(H,70,71)(H,72,73)(H,74,75);/i;1+2. The van der Waals surface area contributed by atoms with Crippen LogP contribution in [0.2, 0.25) is 0 Å². The van der Waals surface area contributed by atoms with Gasteiger partial charge in [0.25, 0.3) is 5.91 Å². The zero-order valence-electron chi connectivity index (χ0n) is 43.9. The number of nitrogens with zero attached hydrogens (tertiary/aromatic N) is 7. The van der Waals surface area contributed by atoms with Crippen molar-refractivity contribution in [3.05, 3.63) is 59.4 Å². The third-order valence-corrected chi connectivity index (χ3v) is 13.1. The van der Waals surface area contributed by atoms with Crippen molar-refractivity contribution in [2.45, 2.75) is 69.7 Å². The smallest absolute Gasteiger partial charge is 0.317 e. The first-order valence-corrected chi connectivity index (χ1v) is 25.5. The molecule has 0 saturated carbocycles. The van der Waals surface area contributed by atoms with Crippen LogP contribution >= 0.6 is 0 Å². The first kappa shape index (κ1) is 65.5. The number of aliphatic carboxylic acids is 6. The molecule has 445 valence electrons. The van der Waals surface area contributed by atoms with Gasteiger partial charge in [0, 0.05) is 140 Å². The van der Waals surface area contributed by atoms with Gasteiger partial charge in [-0.1, -0.05) is 12.1 Å². The molecule has 0 bridgehead atoms. The number of benzene rings is 2. The molecule has 0 aliphatic carbocycles. The zero-order chi connectivity index (χ0) is 57.8. The Morgan fingerprint density at radius 3 is 1.71 bits per heavy atom. The summed E-state index contributed by atoms with van der Waals surface area (Å²) in [7, 11) is 1.61. The number of aromatic amines is 1. The molecule has 2 aromatic carbocycles. The third kappa shape index (κ3) is 21.9. The maximum atomic E-state index is 13.9. The second kappa shape index (κ2) is 32.3. The van der Waals surface area contributed by atoms with E-state index in [4.69, 9.17) is 0 Å². The Kier molecular flexibility index (Phi) is 26.4. The summed E-state index contributed by atoms with van der Waals surface area (Å²) in [5.74, 6) is -10.4. The molecule has 5 amide bonds. The Labute approximate surface area is 488 Å². The van der Waals surface area contributed by atoms with Crippen molar-refractivity contribution in [2.75, 3.05) is 104 Å². The van der Waals surface area contributed by atoms with E-state index < -0.39 is 129 Å². The fraction of sp³-hybridized carbons (Fsp3) is 0.520. The van der Waals surface area contributed by atoms with E-state index in [0.717, 1.165) is 11.0 Å². The summed E-state index contributed by atoms with van der Waals surface area (Å²) in [4.78, 5) is 156. The second-order valence-corrected chi connectivity index (χ2v) is 19.3. The van der Waals surface area contributed by atoms with Crippen LogP contribution < -0.4 is 21.3 Å². The van der Waals surface area contributed by atoms with E-state index in [0.29, 0.717) is 17.1 Å². The SMILES string of the molecule is CN(Cc1nc2ccccc2[nH]1)C(=O)c1ccc2c(c1)CN(CCCNC(=O)C(CCC(=O)O)NC(=O)C(CCC(=O)O)NC(=O)CN1CCN(CC(=O)O)CCN(CC(=O)O)CCN(CC(=O)O)CC1)C(=O)C(CC(=O)O)N2.[177Lu]. The molecule has 3 atom stereocenters. The Hall–Kier alpha value is -7.05. The number of aromatic nitrogens is 2. The first-order valence-electron chi connectivity index (χ1n) is 25.5. The van der Waals surface area contributed by atoms with Crippen LogP contribution in [-0.4, -0.2) is 252 Å². The maximum absolute atomic E-state index is 13.9. The predicted molar refractivity (Wildman–Crippen MR) is 277 cm³/mol. The summed E-state index contributed by atoms with van der Waals surface area (Å²) in [6.45, 7) is -0.987. The Bertz CT molecular complexity index is 2650. The van der Waals surface area contributed by atoms with Crippen LogP contribution in [0.4, 0.5) is 5.69 Å². The van der Waals surface area contributed by atoms with Crippen LogP contribution in [0.25, 0.3) is 11.0 Å². The zero-order valence-corrected chi connectivity index (χ0v) is 45.5. The number of amides is 5. The van der Waals surface area contributed by atoms with Gasteiger partial charge < -0.3 is 66.7 Å². The van der Waals surface area contributed by atoms with E-state index in [2.05, 4.69) is 31.2 Å². The van der Waals surface area contributed by atoms with Crippen LogP contribution in [0.3, 0.4) is 0 Å². The van der Waals surface area contributed by atoms with E-state index in [9.17, 15) is 83.4 Å². The van der Waals surface area contributed by atoms with Crippen LogP contribution in [-0.2, 0) is 61.0 Å². The fourth-order valence-corrected chi connectivity index (χ4v) is 9.03. The number of carbonyl (C=O) groups is 11. The molecule has 80 heavy (non-hydrogen) atoms. The summed E-state index contributed by atoms with van der Waals surface area (Å²) < 4.78 is 0. The van der Waals surface area contributed by atoms with Crippen LogP contribution in [0, 0.1) is 36.9 Å². The quantitative estimate of drug-likeness (QED) is 0.0372. The number of nitrogens with one attached hydrogen (secondary N) is 5. The van der Waals surface area contributed by atoms with Crippen molar-refractivity contribution >= 4 is 82.1 Å². The molecule has 3 aromatic rings. The van der Waals surface area contributed by atoms with Crippen LogP contribution in [0.5, 0.6) is 0 Å². The average Bonchev–Trinajstić information content (AvgIpc) is 3.81. The van der Waals surface area contributed by atoms with E-state index in [1.165, 1.54) is 9.80 Å². The number of carbonyl (C=O) groups excluding carboxylic acids is 5. The predicted octanol–water partition coefficient (Wildman–Crippen LogP) is -1.89. The largest absolute Gasteiger partial charge is 0.481 e. The number of carboxylic acid groups (broad SMARTS) is 6. The van der Waals surface area contributed by atoms with E-state index >= 15 is 0 Å². The molecule has 5 rings (SSSR count). The summed E-state index contributed by atoms with van der Waals surface area (Å²) in [6.07, 6.45) is -2.64. The molecule has 3 heterocycles. The number of carboxylic acids is 6. The minimum Gasteiger partial charge on any atom is -0.481 e. The Morgan fingerprint density at radius 1 is 0.675 bits per heavy atom. The van der Waals surface area contributed by atoms with Crippen molar-refractivity contribution < 1.29 is 120 Å². The maximum Gasteiger partial charge on any atom is 0.317 e. The molecular formula is C50H68LuN12O17. The van der Waals surface area contributed by atoms with Gasteiger partial charge in [0.05, 0.1) is 50.2 Å². The molecule has 0 spiro atoms. The van der Waals surface area contributed by atoms with E-state index in [1.54, 1.807) is 44.8 Å². The number of anilines is 1. The van der Waals surface area contributed by atoms with Gasteiger partial charge in [-0.3, -0.25) is 72.3 Å². The van der Waals surface area contributed by atoms with Crippen molar-refractivity contribution in [3.8, 4) is 0 Å². The third-order valence-electron chi connectivity index (χ3n) is 13.1. The average molecular weight is 1290 g/mol. The number of para-hydroxylation sites is 2. The number of hydrogen-bond donors (Lipinski definition) is 11. The van der Waals surface area contributed by atoms with Gasteiger partial charge in [0.15, 0.2) is 0 Å². The van der Waals surface area contributed by atoms with Gasteiger partial charge in [-0.25, -0.2) is 4.98 Å². The monoisotopic (exact) mass is 1290 g/mol.